The molecule has 2 nitrogen and oxygen atoms in total. The number of carboxylic acids is 1. The van der Waals surface area contributed by atoms with Crippen LogP contribution in [0.3, 0.4) is 0 Å². The molecule has 0 radical (unpaired) electrons. The standard InChI is InChI=1S/C11H12BrFO2/c1-7-9(12)5-8(6-10(7)13)3-2-4-11(14)15/h5-6H,2-4H2,1H3,(H,14,15). The molecule has 0 heterocycles. The number of carbonyl (C=O) groups is 1. The Morgan fingerprint density at radius 2 is 2.20 bits per heavy atom. The van der Waals surface area contributed by atoms with Crippen LogP contribution in [-0.2, 0) is 11.2 Å². The fourth-order valence-electron chi connectivity index (χ4n) is 1.29. The Kier molecular flexibility index (Phi) is 4.27. The van der Waals surface area contributed by atoms with Crippen LogP contribution in [0.1, 0.15) is 24.0 Å². The molecule has 82 valence electrons. The first-order valence-corrected chi connectivity index (χ1v) is 5.46. The average Bonchev–Trinajstić information content (AvgIpc) is 2.13. The minimum absolute atomic E-state index is 0.118. The minimum atomic E-state index is -0.818. The second-order valence-electron chi connectivity index (χ2n) is 3.43. The highest BCUT2D eigenvalue weighted by Crippen LogP contribution is 2.22. The van der Waals surface area contributed by atoms with E-state index in [0.717, 1.165) is 10.0 Å². The van der Waals surface area contributed by atoms with Crippen LogP contribution in [0.25, 0.3) is 0 Å². The lowest BCUT2D eigenvalue weighted by molar-refractivity contribution is -0.137. The van der Waals surface area contributed by atoms with Gasteiger partial charge in [-0.15, -0.1) is 0 Å². The van der Waals surface area contributed by atoms with Gasteiger partial charge in [0.1, 0.15) is 5.82 Å². The highest BCUT2D eigenvalue weighted by atomic mass is 79.9. The molecule has 1 aromatic carbocycles. The first-order valence-electron chi connectivity index (χ1n) is 4.67. The van der Waals surface area contributed by atoms with Crippen molar-refractivity contribution in [3.05, 3.63) is 33.5 Å². The van der Waals surface area contributed by atoms with Crippen LogP contribution >= 0.6 is 15.9 Å². The van der Waals surface area contributed by atoms with E-state index in [1.165, 1.54) is 6.07 Å². The van der Waals surface area contributed by atoms with Crippen LogP contribution < -0.4 is 0 Å². The van der Waals surface area contributed by atoms with Crippen molar-refractivity contribution in [3.63, 3.8) is 0 Å². The summed E-state index contributed by atoms with van der Waals surface area (Å²) in [5.41, 5.74) is 1.41. The monoisotopic (exact) mass is 274 g/mol. The minimum Gasteiger partial charge on any atom is -0.481 e. The second kappa shape index (κ2) is 5.26. The molecule has 0 aliphatic heterocycles. The fourth-order valence-corrected chi connectivity index (χ4v) is 1.77. The predicted octanol–water partition coefficient (Wildman–Crippen LogP) is 3.30. The van der Waals surface area contributed by atoms with Crippen LogP contribution in [0, 0.1) is 12.7 Å². The number of halogens is 2. The van der Waals surface area contributed by atoms with Gasteiger partial charge in [-0.2, -0.15) is 0 Å². The van der Waals surface area contributed by atoms with E-state index in [-0.39, 0.29) is 12.2 Å². The molecule has 15 heavy (non-hydrogen) atoms. The topological polar surface area (TPSA) is 37.3 Å². The molecule has 0 saturated carbocycles. The lowest BCUT2D eigenvalue weighted by Gasteiger charge is -2.05. The molecular formula is C11H12BrFO2. The Hall–Kier alpha value is -0.900. The molecule has 0 unspecified atom stereocenters. The van der Waals surface area contributed by atoms with Crippen molar-refractivity contribution in [2.75, 3.05) is 0 Å². The number of carboxylic acid groups (broad SMARTS) is 1. The lowest BCUT2D eigenvalue weighted by atomic mass is 10.1. The van der Waals surface area contributed by atoms with Gasteiger partial charge < -0.3 is 5.11 Å². The van der Waals surface area contributed by atoms with Crippen molar-refractivity contribution < 1.29 is 14.3 Å². The van der Waals surface area contributed by atoms with Crippen molar-refractivity contribution in [2.45, 2.75) is 26.2 Å². The molecule has 0 spiro atoms. The zero-order valence-electron chi connectivity index (χ0n) is 8.39. The van der Waals surface area contributed by atoms with Gasteiger partial charge in [0.25, 0.3) is 0 Å². The average molecular weight is 275 g/mol. The van der Waals surface area contributed by atoms with E-state index in [4.69, 9.17) is 5.11 Å². The predicted molar refractivity (Wildman–Crippen MR) is 59.4 cm³/mol. The summed E-state index contributed by atoms with van der Waals surface area (Å²) in [7, 11) is 0. The number of benzene rings is 1. The highest BCUT2D eigenvalue weighted by molar-refractivity contribution is 9.10. The van der Waals surface area contributed by atoms with E-state index in [1.807, 2.05) is 6.07 Å². The quantitative estimate of drug-likeness (QED) is 0.915. The summed E-state index contributed by atoms with van der Waals surface area (Å²) >= 11 is 3.26. The molecule has 1 rings (SSSR count). The Morgan fingerprint density at radius 3 is 2.73 bits per heavy atom. The number of hydrogen-bond acceptors (Lipinski definition) is 1. The van der Waals surface area contributed by atoms with Crippen LogP contribution in [0.4, 0.5) is 4.39 Å². The zero-order valence-corrected chi connectivity index (χ0v) is 9.97. The number of aliphatic carboxylic acids is 1. The maximum absolute atomic E-state index is 13.3. The fraction of sp³-hybridized carbons (Fsp3) is 0.364. The summed E-state index contributed by atoms with van der Waals surface area (Å²) in [6.45, 7) is 1.69. The summed E-state index contributed by atoms with van der Waals surface area (Å²) in [6, 6.07) is 3.29. The van der Waals surface area contributed by atoms with Gasteiger partial charge in [0.15, 0.2) is 0 Å². The zero-order chi connectivity index (χ0) is 11.4. The second-order valence-corrected chi connectivity index (χ2v) is 4.29. The lowest BCUT2D eigenvalue weighted by Crippen LogP contribution is -1.97. The number of rotatable bonds is 4. The summed E-state index contributed by atoms with van der Waals surface area (Å²) in [5.74, 6) is -1.07. The van der Waals surface area contributed by atoms with Gasteiger partial charge in [-0.3, -0.25) is 4.79 Å². The largest absolute Gasteiger partial charge is 0.481 e. The Balaban J connectivity index is 2.66. The van der Waals surface area contributed by atoms with Gasteiger partial charge >= 0.3 is 5.97 Å². The molecule has 0 amide bonds. The van der Waals surface area contributed by atoms with E-state index < -0.39 is 5.97 Å². The van der Waals surface area contributed by atoms with Gasteiger partial charge in [-0.1, -0.05) is 15.9 Å². The smallest absolute Gasteiger partial charge is 0.303 e. The molecule has 4 heteroatoms. The van der Waals surface area contributed by atoms with E-state index >= 15 is 0 Å². The molecular weight excluding hydrogens is 263 g/mol. The van der Waals surface area contributed by atoms with E-state index in [1.54, 1.807) is 6.92 Å². The van der Waals surface area contributed by atoms with Gasteiger partial charge in [0.2, 0.25) is 0 Å². The molecule has 0 saturated heterocycles. The third kappa shape index (κ3) is 3.63. The van der Waals surface area contributed by atoms with Crippen molar-refractivity contribution in [1.29, 1.82) is 0 Å². The number of aryl methyl sites for hydroxylation is 1. The van der Waals surface area contributed by atoms with E-state index in [9.17, 15) is 9.18 Å². The highest BCUT2D eigenvalue weighted by Gasteiger charge is 2.05. The molecule has 0 aliphatic carbocycles. The normalized spacial score (nSPS) is 10.3. The van der Waals surface area contributed by atoms with Crippen LogP contribution in [-0.4, -0.2) is 11.1 Å². The summed E-state index contributed by atoms with van der Waals surface area (Å²) in [4.78, 5) is 10.3. The van der Waals surface area contributed by atoms with Crippen LogP contribution in [0.5, 0.6) is 0 Å². The van der Waals surface area contributed by atoms with Gasteiger partial charge in [0, 0.05) is 10.9 Å². The molecule has 0 fully saturated rings. The van der Waals surface area contributed by atoms with Gasteiger partial charge in [0.05, 0.1) is 0 Å². The Morgan fingerprint density at radius 1 is 1.53 bits per heavy atom. The summed E-state index contributed by atoms with van der Waals surface area (Å²) in [5, 5.41) is 8.46. The molecule has 0 aliphatic rings. The van der Waals surface area contributed by atoms with Crippen molar-refractivity contribution in [1.82, 2.24) is 0 Å². The summed E-state index contributed by atoms with van der Waals surface area (Å²) < 4.78 is 14.0. The Bertz CT molecular complexity index is 354. The Labute approximate surface area is 96.2 Å². The van der Waals surface area contributed by atoms with Crippen molar-refractivity contribution in [3.8, 4) is 0 Å². The van der Waals surface area contributed by atoms with Crippen LogP contribution in [0.2, 0.25) is 0 Å². The van der Waals surface area contributed by atoms with Gasteiger partial charge in [-0.25, -0.2) is 4.39 Å². The maximum Gasteiger partial charge on any atom is 0.303 e. The third-order valence-corrected chi connectivity index (χ3v) is 3.02. The molecule has 1 N–H and O–H groups in total. The van der Waals surface area contributed by atoms with Crippen molar-refractivity contribution in [2.24, 2.45) is 0 Å². The number of hydrogen-bond donors (Lipinski definition) is 1. The first-order chi connectivity index (χ1) is 7.00. The maximum atomic E-state index is 13.3. The SMILES string of the molecule is Cc1c(F)cc(CCCC(=O)O)cc1Br. The van der Waals surface area contributed by atoms with Crippen molar-refractivity contribution >= 4 is 21.9 Å². The third-order valence-electron chi connectivity index (χ3n) is 2.20. The molecule has 0 atom stereocenters. The molecule has 0 bridgehead atoms. The van der Waals surface area contributed by atoms with Gasteiger partial charge in [-0.05, 0) is 43.0 Å². The van der Waals surface area contributed by atoms with E-state index in [2.05, 4.69) is 15.9 Å². The van der Waals surface area contributed by atoms with E-state index in [0.29, 0.717) is 18.4 Å². The molecule has 0 aromatic heterocycles. The summed E-state index contributed by atoms with van der Waals surface area (Å²) in [6.07, 6.45) is 1.24. The van der Waals surface area contributed by atoms with Crippen LogP contribution in [0.15, 0.2) is 16.6 Å². The first kappa shape index (κ1) is 12.2. The molecule has 1 aromatic rings.